The molecule has 0 spiro atoms. The number of nitrogens with one attached hydrogen (secondary N) is 1. The van der Waals surface area contributed by atoms with E-state index in [0.717, 1.165) is 22.7 Å². The lowest BCUT2D eigenvalue weighted by molar-refractivity contribution is -0.141. The highest BCUT2D eigenvalue weighted by Crippen LogP contribution is 2.34. The number of carbonyl (C=O) groups excluding carboxylic acids is 1. The predicted octanol–water partition coefficient (Wildman–Crippen LogP) is 4.89. The molecular weight excluding hydrogens is 407 g/mol. The molecule has 2 aromatic rings. The van der Waals surface area contributed by atoms with Crippen LogP contribution < -0.4 is 10.1 Å². The first-order valence-electron chi connectivity index (χ1n) is 8.98. The molecule has 154 valence electrons. The van der Waals surface area contributed by atoms with Crippen LogP contribution in [0, 0.1) is 0 Å². The van der Waals surface area contributed by atoms with Gasteiger partial charge >= 0.3 is 6.18 Å². The van der Waals surface area contributed by atoms with Crippen molar-refractivity contribution in [2.24, 2.45) is 0 Å². The van der Waals surface area contributed by atoms with Crippen molar-refractivity contribution in [3.8, 4) is 5.88 Å². The van der Waals surface area contributed by atoms with Gasteiger partial charge < -0.3 is 10.1 Å². The highest BCUT2D eigenvalue weighted by Gasteiger charge is 2.36. The zero-order valence-corrected chi connectivity index (χ0v) is 16.3. The fourth-order valence-corrected chi connectivity index (χ4v) is 3.06. The van der Waals surface area contributed by atoms with Crippen LogP contribution in [0.5, 0.6) is 5.88 Å². The molecule has 1 N–H and O–H groups in total. The van der Waals surface area contributed by atoms with Gasteiger partial charge in [0, 0.05) is 11.8 Å². The van der Waals surface area contributed by atoms with Crippen LogP contribution in [0.15, 0.2) is 48.6 Å². The number of aromatic nitrogens is 2. The van der Waals surface area contributed by atoms with Gasteiger partial charge in [0.1, 0.15) is 0 Å². The third kappa shape index (κ3) is 5.20. The monoisotopic (exact) mass is 425 g/mol. The molecular formula is C20H19ClF3N3O2. The number of alkyl halides is 4. The quantitative estimate of drug-likeness (QED) is 0.670. The molecule has 29 heavy (non-hydrogen) atoms. The number of hydrogen-bond donors (Lipinski definition) is 1. The Kier molecular flexibility index (Phi) is 6.32. The molecule has 0 saturated carbocycles. The summed E-state index contributed by atoms with van der Waals surface area (Å²) in [5.74, 6) is -0.707. The van der Waals surface area contributed by atoms with E-state index in [1.807, 2.05) is 25.1 Å². The minimum Gasteiger partial charge on any atom is -0.467 e. The first-order valence-corrected chi connectivity index (χ1v) is 9.41. The number of nitrogens with zero attached hydrogens (tertiary/aromatic N) is 2. The fourth-order valence-electron chi connectivity index (χ4n) is 2.79. The largest absolute Gasteiger partial charge is 0.467 e. The number of hydrogen-bond acceptors (Lipinski definition) is 3. The number of amides is 1. The van der Waals surface area contributed by atoms with E-state index >= 15 is 0 Å². The fraction of sp³-hybridized carbons (Fsp3) is 0.300. The Morgan fingerprint density at radius 3 is 2.86 bits per heavy atom. The second kappa shape index (κ2) is 8.73. The Morgan fingerprint density at radius 2 is 2.17 bits per heavy atom. The summed E-state index contributed by atoms with van der Waals surface area (Å²) in [6.45, 7) is 1.51. The summed E-state index contributed by atoms with van der Waals surface area (Å²) in [6, 6.07) is 8.04. The molecule has 1 heterocycles. The van der Waals surface area contributed by atoms with Crippen LogP contribution in [0.25, 0.3) is 5.70 Å². The van der Waals surface area contributed by atoms with Crippen molar-refractivity contribution in [1.29, 1.82) is 0 Å². The van der Waals surface area contributed by atoms with Crippen LogP contribution in [0.3, 0.4) is 0 Å². The van der Waals surface area contributed by atoms with Crippen molar-refractivity contribution in [2.75, 3.05) is 11.9 Å². The Hall–Kier alpha value is -2.74. The van der Waals surface area contributed by atoms with Gasteiger partial charge in [-0.1, -0.05) is 31.2 Å². The van der Waals surface area contributed by atoms with Crippen molar-refractivity contribution in [3.63, 3.8) is 0 Å². The van der Waals surface area contributed by atoms with E-state index in [4.69, 9.17) is 16.3 Å². The van der Waals surface area contributed by atoms with Crippen LogP contribution in [-0.2, 0) is 17.4 Å². The van der Waals surface area contributed by atoms with E-state index in [0.29, 0.717) is 17.8 Å². The molecule has 1 amide bonds. The number of carbonyl (C=O) groups is 1. The number of rotatable bonds is 6. The third-order valence-electron chi connectivity index (χ3n) is 4.25. The molecule has 1 aromatic heterocycles. The predicted molar refractivity (Wildman–Crippen MR) is 105 cm³/mol. The van der Waals surface area contributed by atoms with Crippen molar-refractivity contribution in [3.05, 3.63) is 59.8 Å². The van der Waals surface area contributed by atoms with E-state index in [2.05, 4.69) is 10.4 Å². The molecule has 0 saturated heterocycles. The lowest BCUT2D eigenvalue weighted by Gasteiger charge is -2.17. The summed E-state index contributed by atoms with van der Waals surface area (Å²) in [5.41, 5.74) is 0.851. The van der Waals surface area contributed by atoms with Crippen LogP contribution in [0.1, 0.15) is 24.6 Å². The van der Waals surface area contributed by atoms with Crippen molar-refractivity contribution >= 4 is 28.9 Å². The van der Waals surface area contributed by atoms with Gasteiger partial charge in [0.15, 0.2) is 12.3 Å². The summed E-state index contributed by atoms with van der Waals surface area (Å²) in [6.07, 6.45) is 1.65. The second-order valence-corrected chi connectivity index (χ2v) is 6.92. The SMILES string of the molecule is CCc1cccc(NC(=O)COc2cc(C(F)(F)F)nn2C2=CC=CCC2Cl)c1. The molecule has 5 nitrogen and oxygen atoms in total. The maximum absolute atomic E-state index is 13.1. The lowest BCUT2D eigenvalue weighted by Crippen LogP contribution is -2.22. The zero-order chi connectivity index (χ0) is 21.0. The second-order valence-electron chi connectivity index (χ2n) is 6.39. The molecule has 0 bridgehead atoms. The van der Waals surface area contributed by atoms with E-state index in [1.165, 1.54) is 0 Å². The Bertz CT molecular complexity index is 951. The maximum atomic E-state index is 13.1. The van der Waals surface area contributed by atoms with Crippen molar-refractivity contribution < 1.29 is 22.7 Å². The molecule has 1 aliphatic rings. The lowest BCUT2D eigenvalue weighted by atomic mass is 10.1. The minimum atomic E-state index is -4.65. The summed E-state index contributed by atoms with van der Waals surface area (Å²) in [4.78, 5) is 12.2. The molecule has 1 aliphatic carbocycles. The van der Waals surface area contributed by atoms with E-state index in [1.54, 1.807) is 24.3 Å². The van der Waals surface area contributed by atoms with Crippen molar-refractivity contribution in [2.45, 2.75) is 31.3 Å². The summed E-state index contributed by atoms with van der Waals surface area (Å²) in [7, 11) is 0. The van der Waals surface area contributed by atoms with Gasteiger partial charge in [-0.15, -0.1) is 11.6 Å². The molecule has 0 radical (unpaired) electrons. The van der Waals surface area contributed by atoms with E-state index < -0.39 is 29.8 Å². The van der Waals surface area contributed by atoms with Crippen LogP contribution in [0.2, 0.25) is 0 Å². The van der Waals surface area contributed by atoms with Gasteiger partial charge in [0.25, 0.3) is 5.91 Å². The topological polar surface area (TPSA) is 56.1 Å². The van der Waals surface area contributed by atoms with Gasteiger partial charge in [-0.2, -0.15) is 18.3 Å². The Balaban J connectivity index is 1.77. The molecule has 1 unspecified atom stereocenters. The zero-order valence-electron chi connectivity index (χ0n) is 15.5. The van der Waals surface area contributed by atoms with Gasteiger partial charge in [-0.25, -0.2) is 4.68 Å². The summed E-state index contributed by atoms with van der Waals surface area (Å²) in [5, 5.41) is 5.69. The summed E-state index contributed by atoms with van der Waals surface area (Å²) < 4.78 is 45.7. The van der Waals surface area contributed by atoms with Crippen LogP contribution in [-0.4, -0.2) is 27.7 Å². The maximum Gasteiger partial charge on any atom is 0.435 e. The van der Waals surface area contributed by atoms with E-state index in [9.17, 15) is 18.0 Å². The van der Waals surface area contributed by atoms with Gasteiger partial charge in [0.05, 0.1) is 11.1 Å². The molecule has 1 aromatic carbocycles. The Morgan fingerprint density at radius 1 is 1.38 bits per heavy atom. The van der Waals surface area contributed by atoms with E-state index in [-0.39, 0.29) is 5.88 Å². The molecule has 9 heteroatoms. The smallest absolute Gasteiger partial charge is 0.435 e. The Labute approximate surface area is 170 Å². The highest BCUT2D eigenvalue weighted by atomic mass is 35.5. The van der Waals surface area contributed by atoms with Crippen molar-refractivity contribution in [1.82, 2.24) is 9.78 Å². The normalized spacial score (nSPS) is 16.4. The highest BCUT2D eigenvalue weighted by molar-refractivity contribution is 6.25. The third-order valence-corrected chi connectivity index (χ3v) is 4.65. The van der Waals surface area contributed by atoms with Gasteiger partial charge in [-0.05, 0) is 36.6 Å². The number of allylic oxidation sites excluding steroid dienone is 4. The standard InChI is InChI=1S/C20H19ClF3N3O2/c1-2-13-6-5-7-14(10-13)25-18(28)12-29-19-11-17(20(22,23)24)26-27(19)16-9-4-3-8-15(16)21/h3-7,9-11,15H,2,8,12H2,1H3,(H,25,28). The van der Waals surface area contributed by atoms with Crippen LogP contribution in [0.4, 0.5) is 18.9 Å². The molecule has 0 aliphatic heterocycles. The average molecular weight is 426 g/mol. The van der Waals surface area contributed by atoms with Crippen LogP contribution >= 0.6 is 11.6 Å². The number of ether oxygens (including phenoxy) is 1. The molecule has 0 fully saturated rings. The summed E-state index contributed by atoms with van der Waals surface area (Å²) >= 11 is 6.21. The molecule has 1 atom stereocenters. The number of aryl methyl sites for hydroxylation is 1. The van der Waals surface area contributed by atoms with Gasteiger partial charge in [-0.3, -0.25) is 4.79 Å². The minimum absolute atomic E-state index is 0.206. The first-order chi connectivity index (χ1) is 13.8. The number of benzene rings is 1. The number of halogens is 4. The van der Waals surface area contributed by atoms with Gasteiger partial charge in [0.2, 0.25) is 5.88 Å². The first kappa shape index (κ1) is 21.0. The number of anilines is 1. The average Bonchev–Trinajstić information content (AvgIpc) is 3.11. The molecule has 3 rings (SSSR count).